The van der Waals surface area contributed by atoms with Crippen molar-refractivity contribution in [3.05, 3.63) is 0 Å². The minimum Gasteiger partial charge on any atom is -0.388 e. The summed E-state index contributed by atoms with van der Waals surface area (Å²) in [5.74, 6) is -1.05. The Morgan fingerprint density at radius 3 is 1.86 bits per heavy atom. The van der Waals surface area contributed by atoms with Gasteiger partial charge in [0.25, 0.3) is 0 Å². The van der Waals surface area contributed by atoms with Crippen LogP contribution in [-0.2, 0) is 4.79 Å². The van der Waals surface area contributed by atoms with Gasteiger partial charge in [-0.1, -0.05) is 0 Å². The Kier molecular flexibility index (Phi) is 2.60. The molecule has 4 unspecified atom stereocenters. The summed E-state index contributed by atoms with van der Waals surface area (Å²) in [6.07, 6.45) is -5.00. The molecule has 0 aromatic rings. The van der Waals surface area contributed by atoms with Crippen LogP contribution in [0, 0.1) is 0 Å². The van der Waals surface area contributed by atoms with Crippen LogP contribution in [0.1, 0.15) is 0 Å². The van der Waals surface area contributed by atoms with Gasteiger partial charge in [-0.2, -0.15) is 0 Å². The monoisotopic (exact) mass is 205 g/mol. The van der Waals surface area contributed by atoms with E-state index >= 15 is 0 Å². The van der Waals surface area contributed by atoms with Gasteiger partial charge < -0.3 is 26.8 Å². The number of carbonyl (C=O) groups excluding carboxylic acids is 2. The molecule has 0 aromatic carbocycles. The highest BCUT2D eigenvalue weighted by Gasteiger charge is 2.51. The van der Waals surface area contributed by atoms with Crippen molar-refractivity contribution in [2.75, 3.05) is 0 Å². The van der Waals surface area contributed by atoms with Gasteiger partial charge in [0.05, 0.1) is 0 Å². The number of primary amides is 2. The first-order chi connectivity index (χ1) is 6.37. The highest BCUT2D eigenvalue weighted by Crippen LogP contribution is 2.23. The summed E-state index contributed by atoms with van der Waals surface area (Å²) in [5, 5.41) is 27.6. The molecular weight excluding hydrogens is 194 g/mol. The third-order valence-corrected chi connectivity index (χ3v) is 2.11. The van der Waals surface area contributed by atoms with E-state index in [-0.39, 0.29) is 0 Å². The zero-order valence-electron chi connectivity index (χ0n) is 7.07. The SMILES string of the molecule is NC(=O)C1C(O)C(O)C(O)N1C(N)=O. The number of likely N-dealkylation sites (tertiary alicyclic amines) is 1. The van der Waals surface area contributed by atoms with Crippen molar-refractivity contribution >= 4 is 11.9 Å². The zero-order chi connectivity index (χ0) is 11.0. The maximum absolute atomic E-state index is 10.8. The van der Waals surface area contributed by atoms with Gasteiger partial charge in [0.1, 0.15) is 18.2 Å². The normalized spacial score (nSPS) is 37.2. The third-order valence-electron chi connectivity index (χ3n) is 2.11. The van der Waals surface area contributed by atoms with Crippen molar-refractivity contribution in [2.45, 2.75) is 24.5 Å². The van der Waals surface area contributed by atoms with Crippen LogP contribution in [0.3, 0.4) is 0 Å². The fourth-order valence-corrected chi connectivity index (χ4v) is 1.43. The molecule has 0 bridgehead atoms. The maximum atomic E-state index is 10.8. The van der Waals surface area contributed by atoms with Gasteiger partial charge in [-0.25, -0.2) is 4.79 Å². The Morgan fingerprint density at radius 1 is 1.07 bits per heavy atom. The largest absolute Gasteiger partial charge is 0.388 e. The molecule has 7 N–H and O–H groups in total. The molecule has 1 heterocycles. The molecule has 1 fully saturated rings. The first-order valence-electron chi connectivity index (χ1n) is 3.79. The summed E-state index contributed by atoms with van der Waals surface area (Å²) in [7, 11) is 0. The Hall–Kier alpha value is -1.38. The number of hydrogen-bond acceptors (Lipinski definition) is 5. The zero-order valence-corrected chi connectivity index (χ0v) is 7.07. The summed E-state index contributed by atoms with van der Waals surface area (Å²) >= 11 is 0. The van der Waals surface area contributed by atoms with E-state index in [0.717, 1.165) is 0 Å². The minimum atomic E-state index is -1.72. The smallest absolute Gasteiger partial charge is 0.317 e. The quantitative estimate of drug-likeness (QED) is 0.298. The van der Waals surface area contributed by atoms with E-state index in [1.165, 1.54) is 0 Å². The lowest BCUT2D eigenvalue weighted by atomic mass is 10.1. The van der Waals surface area contributed by atoms with Crippen molar-refractivity contribution < 1.29 is 24.9 Å². The summed E-state index contributed by atoms with van der Waals surface area (Å²) in [5.41, 5.74) is 9.71. The molecule has 8 nitrogen and oxygen atoms in total. The maximum Gasteiger partial charge on any atom is 0.317 e. The van der Waals surface area contributed by atoms with Gasteiger partial charge in [0.2, 0.25) is 5.91 Å². The Bertz CT molecular complexity index is 244. The van der Waals surface area contributed by atoms with Crippen LogP contribution in [0.4, 0.5) is 4.79 Å². The predicted molar refractivity (Wildman–Crippen MR) is 42.4 cm³/mol. The molecule has 0 spiro atoms. The van der Waals surface area contributed by atoms with Crippen LogP contribution in [0.5, 0.6) is 0 Å². The molecule has 4 atom stereocenters. The number of amides is 3. The average molecular weight is 205 g/mol. The second kappa shape index (κ2) is 3.40. The summed E-state index contributed by atoms with van der Waals surface area (Å²) in [6, 6.07) is -2.64. The number of aliphatic hydroxyl groups is 3. The van der Waals surface area contributed by atoms with E-state index in [9.17, 15) is 19.8 Å². The molecule has 1 aliphatic heterocycles. The molecule has 0 radical (unpaired) electrons. The van der Waals surface area contributed by atoms with E-state index in [4.69, 9.17) is 16.6 Å². The van der Waals surface area contributed by atoms with E-state index in [0.29, 0.717) is 4.90 Å². The summed E-state index contributed by atoms with van der Waals surface area (Å²) in [6.45, 7) is 0. The standard InChI is InChI=1S/C6H11N3O5/c7-4(12)1-2(10)3(11)5(13)9(1)6(8)14/h1-3,5,10-11,13H,(H2,7,12)(H2,8,14). The van der Waals surface area contributed by atoms with Crippen LogP contribution in [-0.4, -0.2) is 56.6 Å². The topological polar surface area (TPSA) is 150 Å². The van der Waals surface area contributed by atoms with Crippen LogP contribution in [0.2, 0.25) is 0 Å². The van der Waals surface area contributed by atoms with Gasteiger partial charge in [0.15, 0.2) is 6.23 Å². The average Bonchev–Trinajstić information content (AvgIpc) is 2.29. The molecule has 1 saturated heterocycles. The molecule has 3 amide bonds. The van der Waals surface area contributed by atoms with E-state index in [2.05, 4.69) is 0 Å². The lowest BCUT2D eigenvalue weighted by Gasteiger charge is -2.23. The van der Waals surface area contributed by atoms with Crippen molar-refractivity contribution in [1.29, 1.82) is 0 Å². The van der Waals surface area contributed by atoms with Crippen molar-refractivity contribution in [3.8, 4) is 0 Å². The van der Waals surface area contributed by atoms with Crippen LogP contribution in [0.15, 0.2) is 0 Å². The van der Waals surface area contributed by atoms with E-state index in [1.807, 2.05) is 0 Å². The van der Waals surface area contributed by atoms with Crippen molar-refractivity contribution in [3.63, 3.8) is 0 Å². The van der Waals surface area contributed by atoms with Crippen LogP contribution < -0.4 is 11.5 Å². The third kappa shape index (κ3) is 1.39. The minimum absolute atomic E-state index is 0.442. The molecule has 8 heteroatoms. The Morgan fingerprint density at radius 2 is 1.57 bits per heavy atom. The van der Waals surface area contributed by atoms with Crippen molar-refractivity contribution in [1.82, 2.24) is 4.90 Å². The van der Waals surface area contributed by atoms with Gasteiger partial charge in [0, 0.05) is 0 Å². The molecule has 0 aromatic heterocycles. The highest BCUT2D eigenvalue weighted by atomic mass is 16.4. The summed E-state index contributed by atoms with van der Waals surface area (Å²) in [4.78, 5) is 22.0. The molecule has 14 heavy (non-hydrogen) atoms. The van der Waals surface area contributed by atoms with Gasteiger partial charge in [-0.05, 0) is 0 Å². The number of aliphatic hydroxyl groups excluding tert-OH is 3. The molecule has 0 aliphatic carbocycles. The Labute approximate surface area is 78.7 Å². The summed E-state index contributed by atoms with van der Waals surface area (Å²) < 4.78 is 0. The predicted octanol–water partition coefficient (Wildman–Crippen LogP) is -3.73. The molecule has 1 rings (SSSR count). The lowest BCUT2D eigenvalue weighted by molar-refractivity contribution is -0.125. The van der Waals surface area contributed by atoms with E-state index < -0.39 is 36.4 Å². The first-order valence-corrected chi connectivity index (χ1v) is 3.79. The number of nitrogens with zero attached hydrogens (tertiary/aromatic N) is 1. The second-order valence-electron chi connectivity index (χ2n) is 2.99. The van der Waals surface area contributed by atoms with Crippen LogP contribution in [0.25, 0.3) is 0 Å². The molecular formula is C6H11N3O5. The Balaban J connectivity index is 3.01. The fraction of sp³-hybridized carbons (Fsp3) is 0.667. The number of rotatable bonds is 1. The molecule has 0 saturated carbocycles. The number of urea groups is 1. The van der Waals surface area contributed by atoms with Crippen LogP contribution >= 0.6 is 0 Å². The van der Waals surface area contributed by atoms with E-state index in [1.54, 1.807) is 0 Å². The fourth-order valence-electron chi connectivity index (χ4n) is 1.43. The molecule has 1 aliphatic rings. The molecule has 80 valence electrons. The lowest BCUT2D eigenvalue weighted by Crippen LogP contribution is -2.52. The van der Waals surface area contributed by atoms with Gasteiger partial charge in [-0.15, -0.1) is 0 Å². The van der Waals surface area contributed by atoms with Gasteiger partial charge >= 0.3 is 6.03 Å². The first kappa shape index (κ1) is 10.7. The second-order valence-corrected chi connectivity index (χ2v) is 2.99. The van der Waals surface area contributed by atoms with Crippen molar-refractivity contribution in [2.24, 2.45) is 11.5 Å². The van der Waals surface area contributed by atoms with Gasteiger partial charge in [-0.3, -0.25) is 9.69 Å². The number of carbonyl (C=O) groups is 2. The highest BCUT2D eigenvalue weighted by molar-refractivity contribution is 5.87. The number of nitrogens with two attached hydrogens (primary N) is 2. The number of hydrogen-bond donors (Lipinski definition) is 5.